The highest BCUT2D eigenvalue weighted by atomic mass is 32.2. The van der Waals surface area contributed by atoms with E-state index in [1.807, 2.05) is 5.38 Å². The van der Waals surface area contributed by atoms with Crippen molar-refractivity contribution >= 4 is 21.2 Å². The lowest BCUT2D eigenvalue weighted by Gasteiger charge is -1.93. The lowest BCUT2D eigenvalue weighted by molar-refractivity contribution is 0.601. The summed E-state index contributed by atoms with van der Waals surface area (Å²) >= 11 is 1.46. The van der Waals surface area contributed by atoms with Crippen molar-refractivity contribution in [2.75, 3.05) is 12.0 Å². The second kappa shape index (κ2) is 4.17. The normalized spacial score (nSPS) is 11.8. The molecule has 0 atom stereocenters. The molecule has 1 aromatic heterocycles. The first kappa shape index (κ1) is 10.6. The molecule has 1 heterocycles. The highest BCUT2D eigenvalue weighted by molar-refractivity contribution is 7.90. The molecule has 74 valence electrons. The molecule has 4 nitrogen and oxygen atoms in total. The Balaban J connectivity index is 2.55. The minimum absolute atomic E-state index is 0.157. The van der Waals surface area contributed by atoms with Gasteiger partial charge in [0, 0.05) is 24.6 Å². The average Bonchev–Trinajstić information content (AvgIpc) is 2.47. The van der Waals surface area contributed by atoms with Crippen LogP contribution in [-0.4, -0.2) is 25.4 Å². The standard InChI is InChI=1S/C7H12N2O2S2/c1-13(10,11)3-2-7-9-6(4-8)5-12-7/h5H,2-4,8H2,1H3. The van der Waals surface area contributed by atoms with Gasteiger partial charge in [-0.25, -0.2) is 13.4 Å². The van der Waals surface area contributed by atoms with Gasteiger partial charge in [-0.3, -0.25) is 0 Å². The van der Waals surface area contributed by atoms with Gasteiger partial charge in [-0.15, -0.1) is 11.3 Å². The molecule has 0 unspecified atom stereocenters. The van der Waals surface area contributed by atoms with E-state index < -0.39 is 9.84 Å². The van der Waals surface area contributed by atoms with E-state index in [2.05, 4.69) is 4.98 Å². The second-order valence-electron chi connectivity index (χ2n) is 2.82. The molecular formula is C7H12N2O2S2. The smallest absolute Gasteiger partial charge is 0.147 e. The molecule has 13 heavy (non-hydrogen) atoms. The fraction of sp³-hybridized carbons (Fsp3) is 0.571. The molecule has 0 spiro atoms. The third-order valence-corrected chi connectivity index (χ3v) is 3.40. The fourth-order valence-electron chi connectivity index (χ4n) is 0.830. The van der Waals surface area contributed by atoms with Gasteiger partial charge in [0.1, 0.15) is 9.84 Å². The lowest BCUT2D eigenvalue weighted by atomic mass is 10.5. The molecule has 0 saturated carbocycles. The number of nitrogens with zero attached hydrogens (tertiary/aromatic N) is 1. The molecule has 1 rings (SSSR count). The summed E-state index contributed by atoms with van der Waals surface area (Å²) in [5.74, 6) is 0.157. The Bertz CT molecular complexity index is 370. The van der Waals surface area contributed by atoms with E-state index in [4.69, 9.17) is 5.73 Å². The molecule has 0 amide bonds. The molecule has 0 aliphatic rings. The van der Waals surface area contributed by atoms with Crippen LogP contribution in [0.15, 0.2) is 5.38 Å². The number of hydrogen-bond acceptors (Lipinski definition) is 5. The maximum absolute atomic E-state index is 10.8. The molecule has 1 aromatic rings. The van der Waals surface area contributed by atoms with Crippen LogP contribution in [0.25, 0.3) is 0 Å². The van der Waals surface area contributed by atoms with Gasteiger partial charge in [-0.2, -0.15) is 0 Å². The maximum Gasteiger partial charge on any atom is 0.147 e. The molecule has 0 aromatic carbocycles. The number of aryl methyl sites for hydroxylation is 1. The topological polar surface area (TPSA) is 73.0 Å². The van der Waals surface area contributed by atoms with Crippen LogP contribution in [-0.2, 0) is 22.8 Å². The Morgan fingerprint density at radius 1 is 1.62 bits per heavy atom. The molecule has 0 aliphatic carbocycles. The van der Waals surface area contributed by atoms with Crippen molar-refractivity contribution in [2.24, 2.45) is 5.73 Å². The number of thiazole rings is 1. The van der Waals surface area contributed by atoms with Gasteiger partial charge in [0.05, 0.1) is 16.5 Å². The van der Waals surface area contributed by atoms with E-state index in [0.717, 1.165) is 10.7 Å². The predicted octanol–water partition coefficient (Wildman–Crippen LogP) is 0.189. The predicted molar refractivity (Wildman–Crippen MR) is 53.4 cm³/mol. The first-order valence-corrected chi connectivity index (χ1v) is 6.76. The van der Waals surface area contributed by atoms with Crippen LogP contribution in [0.1, 0.15) is 10.7 Å². The lowest BCUT2D eigenvalue weighted by Crippen LogP contribution is -2.06. The molecular weight excluding hydrogens is 208 g/mol. The van der Waals surface area contributed by atoms with Crippen molar-refractivity contribution in [3.8, 4) is 0 Å². The zero-order chi connectivity index (χ0) is 9.90. The number of nitrogens with two attached hydrogens (primary N) is 1. The van der Waals surface area contributed by atoms with Gasteiger partial charge in [-0.05, 0) is 0 Å². The van der Waals surface area contributed by atoms with E-state index in [0.29, 0.717) is 13.0 Å². The van der Waals surface area contributed by atoms with Gasteiger partial charge in [0.15, 0.2) is 0 Å². The van der Waals surface area contributed by atoms with Crippen molar-refractivity contribution in [1.82, 2.24) is 4.98 Å². The Morgan fingerprint density at radius 2 is 2.31 bits per heavy atom. The first-order valence-electron chi connectivity index (χ1n) is 3.82. The summed E-state index contributed by atoms with van der Waals surface area (Å²) in [6.07, 6.45) is 1.72. The average molecular weight is 220 g/mol. The third-order valence-electron chi connectivity index (χ3n) is 1.50. The Hall–Kier alpha value is -0.460. The summed E-state index contributed by atoms with van der Waals surface area (Å²) in [5.41, 5.74) is 6.20. The summed E-state index contributed by atoms with van der Waals surface area (Å²) in [5, 5.41) is 2.70. The van der Waals surface area contributed by atoms with Crippen molar-refractivity contribution in [3.63, 3.8) is 0 Å². The van der Waals surface area contributed by atoms with Gasteiger partial charge >= 0.3 is 0 Å². The molecule has 0 bridgehead atoms. The molecule has 0 radical (unpaired) electrons. The molecule has 2 N–H and O–H groups in total. The van der Waals surface area contributed by atoms with Crippen LogP contribution in [0.4, 0.5) is 0 Å². The number of hydrogen-bond donors (Lipinski definition) is 1. The summed E-state index contributed by atoms with van der Waals surface area (Å²) < 4.78 is 21.7. The minimum atomic E-state index is -2.88. The fourth-order valence-corrected chi connectivity index (χ4v) is 2.33. The third kappa shape index (κ3) is 3.84. The minimum Gasteiger partial charge on any atom is -0.325 e. The summed E-state index contributed by atoms with van der Waals surface area (Å²) in [6.45, 7) is 0.412. The van der Waals surface area contributed by atoms with Crippen LogP contribution in [0.5, 0.6) is 0 Å². The van der Waals surface area contributed by atoms with E-state index in [1.165, 1.54) is 17.6 Å². The highest BCUT2D eigenvalue weighted by Gasteiger charge is 2.05. The Labute approximate surface area is 81.7 Å². The molecule has 0 fully saturated rings. The molecule has 0 aliphatic heterocycles. The largest absolute Gasteiger partial charge is 0.325 e. The number of rotatable bonds is 4. The van der Waals surface area contributed by atoms with E-state index >= 15 is 0 Å². The summed E-state index contributed by atoms with van der Waals surface area (Å²) in [4.78, 5) is 4.16. The number of aromatic nitrogens is 1. The molecule has 6 heteroatoms. The first-order chi connectivity index (χ1) is 6.01. The zero-order valence-corrected chi connectivity index (χ0v) is 8.99. The van der Waals surface area contributed by atoms with Crippen LogP contribution >= 0.6 is 11.3 Å². The number of sulfone groups is 1. The Morgan fingerprint density at radius 3 is 2.77 bits per heavy atom. The highest BCUT2D eigenvalue weighted by Crippen LogP contribution is 2.10. The van der Waals surface area contributed by atoms with Crippen LogP contribution in [0.2, 0.25) is 0 Å². The molecule has 0 saturated heterocycles. The zero-order valence-electron chi connectivity index (χ0n) is 7.36. The van der Waals surface area contributed by atoms with Crippen molar-refractivity contribution < 1.29 is 8.42 Å². The van der Waals surface area contributed by atoms with Gasteiger partial charge in [0.2, 0.25) is 0 Å². The van der Waals surface area contributed by atoms with E-state index in [-0.39, 0.29) is 5.75 Å². The second-order valence-corrected chi connectivity index (χ2v) is 6.02. The quantitative estimate of drug-likeness (QED) is 0.786. The van der Waals surface area contributed by atoms with Crippen LogP contribution in [0, 0.1) is 0 Å². The monoisotopic (exact) mass is 220 g/mol. The maximum atomic E-state index is 10.8. The van der Waals surface area contributed by atoms with Gasteiger partial charge < -0.3 is 5.73 Å². The summed E-state index contributed by atoms with van der Waals surface area (Å²) in [7, 11) is -2.88. The van der Waals surface area contributed by atoms with Gasteiger partial charge in [0.25, 0.3) is 0 Å². The van der Waals surface area contributed by atoms with Crippen molar-refractivity contribution in [1.29, 1.82) is 0 Å². The van der Waals surface area contributed by atoms with Crippen molar-refractivity contribution in [2.45, 2.75) is 13.0 Å². The van der Waals surface area contributed by atoms with Gasteiger partial charge in [-0.1, -0.05) is 0 Å². The summed E-state index contributed by atoms with van der Waals surface area (Å²) in [6, 6.07) is 0. The van der Waals surface area contributed by atoms with E-state index in [9.17, 15) is 8.42 Å². The van der Waals surface area contributed by atoms with E-state index in [1.54, 1.807) is 0 Å². The SMILES string of the molecule is CS(=O)(=O)CCc1nc(CN)cs1. The van der Waals surface area contributed by atoms with Crippen LogP contribution < -0.4 is 5.73 Å². The Kier molecular flexibility index (Phi) is 3.40. The van der Waals surface area contributed by atoms with Crippen molar-refractivity contribution in [3.05, 3.63) is 16.1 Å². The van der Waals surface area contributed by atoms with Crippen LogP contribution in [0.3, 0.4) is 0 Å².